The molecule has 0 aromatic heterocycles. The Bertz CT molecular complexity index is 700. The maximum Gasteiger partial charge on any atom is 0.573 e. The highest BCUT2D eigenvalue weighted by atomic mass is 127. The van der Waals surface area contributed by atoms with E-state index in [1.165, 1.54) is 31.4 Å². The van der Waals surface area contributed by atoms with Gasteiger partial charge in [-0.2, -0.15) is 0 Å². The Hall–Kier alpha value is -1.27. The van der Waals surface area contributed by atoms with Crippen LogP contribution in [0.5, 0.6) is 5.75 Å². The molecule has 10 heteroatoms. The lowest BCUT2D eigenvalue weighted by atomic mass is 9.84. The highest BCUT2D eigenvalue weighted by molar-refractivity contribution is 14.0. The molecule has 3 rings (SSSR count). The minimum absolute atomic E-state index is 0. The second-order valence-electron chi connectivity index (χ2n) is 8.32. The van der Waals surface area contributed by atoms with E-state index in [9.17, 15) is 13.2 Å². The highest BCUT2D eigenvalue weighted by Crippen LogP contribution is 2.31. The van der Waals surface area contributed by atoms with Gasteiger partial charge in [-0.1, -0.05) is 18.6 Å². The third-order valence-electron chi connectivity index (χ3n) is 6.13. The van der Waals surface area contributed by atoms with Crippen molar-refractivity contribution in [1.29, 1.82) is 0 Å². The SMILES string of the molecule is CN1CCC(CNC(N)=NCc2ccc(OC(F)(F)F)cc2)(N2CCCCC2)CC1.I. The number of aliphatic imine (C=N–C) groups is 1. The molecule has 2 heterocycles. The van der Waals surface area contributed by atoms with E-state index in [0.717, 1.165) is 51.1 Å². The van der Waals surface area contributed by atoms with Gasteiger partial charge >= 0.3 is 6.36 Å². The van der Waals surface area contributed by atoms with Crippen molar-refractivity contribution in [3.8, 4) is 5.75 Å². The average Bonchev–Trinajstić information content (AvgIpc) is 2.73. The predicted octanol–water partition coefficient (Wildman–Crippen LogP) is 3.56. The molecule has 31 heavy (non-hydrogen) atoms. The Morgan fingerprint density at radius 3 is 2.29 bits per heavy atom. The zero-order valence-electron chi connectivity index (χ0n) is 18.0. The standard InChI is InChI=1S/C21H32F3N5O.HI/c1-28-13-9-20(10-14-28,29-11-3-2-4-12-29)16-27-19(25)26-15-17-5-7-18(8-6-17)30-21(22,23)24;/h5-8H,2-4,9-16H2,1H3,(H3,25,26,27);1H. The van der Waals surface area contributed by atoms with Crippen LogP contribution in [0.25, 0.3) is 0 Å². The van der Waals surface area contributed by atoms with Gasteiger partial charge in [-0.15, -0.1) is 37.1 Å². The lowest BCUT2D eigenvalue weighted by Gasteiger charge is -2.50. The normalized spacial score (nSPS) is 20.7. The molecular formula is C21H33F3IN5O. The topological polar surface area (TPSA) is 66.1 Å². The van der Waals surface area contributed by atoms with Gasteiger partial charge in [0.15, 0.2) is 5.96 Å². The van der Waals surface area contributed by atoms with Gasteiger partial charge in [0.25, 0.3) is 0 Å². The molecule has 0 aliphatic carbocycles. The van der Waals surface area contributed by atoms with Crippen LogP contribution in [0.15, 0.2) is 29.3 Å². The molecule has 0 atom stereocenters. The number of nitrogens with one attached hydrogen (secondary N) is 1. The number of hydrogen-bond donors (Lipinski definition) is 2. The van der Waals surface area contributed by atoms with Crippen molar-refractivity contribution in [3.05, 3.63) is 29.8 Å². The third kappa shape index (κ3) is 7.98. The summed E-state index contributed by atoms with van der Waals surface area (Å²) in [7, 11) is 2.16. The van der Waals surface area contributed by atoms with Crippen LogP contribution in [0.4, 0.5) is 13.2 Å². The Morgan fingerprint density at radius 2 is 1.71 bits per heavy atom. The number of nitrogens with two attached hydrogens (primary N) is 1. The molecule has 0 radical (unpaired) electrons. The molecule has 0 spiro atoms. The highest BCUT2D eigenvalue weighted by Gasteiger charge is 2.39. The summed E-state index contributed by atoms with van der Waals surface area (Å²) in [5.41, 5.74) is 6.97. The van der Waals surface area contributed by atoms with Crippen molar-refractivity contribution < 1.29 is 17.9 Å². The molecule has 176 valence electrons. The quantitative estimate of drug-likeness (QED) is 0.320. The van der Waals surface area contributed by atoms with E-state index in [1.54, 1.807) is 12.1 Å². The van der Waals surface area contributed by atoms with E-state index in [4.69, 9.17) is 5.73 Å². The summed E-state index contributed by atoms with van der Waals surface area (Å²) in [6, 6.07) is 5.69. The summed E-state index contributed by atoms with van der Waals surface area (Å²) >= 11 is 0. The van der Waals surface area contributed by atoms with Crippen LogP contribution in [-0.2, 0) is 6.54 Å². The summed E-state index contributed by atoms with van der Waals surface area (Å²) in [4.78, 5) is 9.36. The van der Waals surface area contributed by atoms with Crippen molar-refractivity contribution in [2.75, 3.05) is 39.8 Å². The second kappa shape index (κ2) is 11.6. The number of benzene rings is 1. The van der Waals surface area contributed by atoms with Crippen LogP contribution in [-0.4, -0.2) is 67.4 Å². The van der Waals surface area contributed by atoms with Gasteiger partial charge in [-0.05, 0) is 76.6 Å². The molecule has 0 saturated carbocycles. The first-order chi connectivity index (χ1) is 14.3. The maximum absolute atomic E-state index is 12.2. The van der Waals surface area contributed by atoms with Crippen LogP contribution >= 0.6 is 24.0 Å². The Kier molecular flexibility index (Phi) is 9.68. The molecule has 0 amide bonds. The van der Waals surface area contributed by atoms with Crippen LogP contribution < -0.4 is 15.8 Å². The molecule has 0 bridgehead atoms. The first-order valence-electron chi connectivity index (χ1n) is 10.6. The smallest absolute Gasteiger partial charge is 0.406 e. The minimum Gasteiger partial charge on any atom is -0.406 e. The number of guanidine groups is 1. The van der Waals surface area contributed by atoms with E-state index < -0.39 is 6.36 Å². The number of alkyl halides is 3. The zero-order chi connectivity index (χ0) is 21.6. The molecule has 1 aromatic carbocycles. The number of rotatable bonds is 6. The molecule has 3 N–H and O–H groups in total. The van der Waals surface area contributed by atoms with Crippen LogP contribution in [0, 0.1) is 0 Å². The molecule has 2 aliphatic heterocycles. The lowest BCUT2D eigenvalue weighted by Crippen LogP contribution is -2.61. The molecule has 2 fully saturated rings. The molecule has 6 nitrogen and oxygen atoms in total. The fourth-order valence-electron chi connectivity index (χ4n) is 4.29. The van der Waals surface area contributed by atoms with Gasteiger partial charge < -0.3 is 20.7 Å². The van der Waals surface area contributed by atoms with Gasteiger partial charge in [-0.25, -0.2) is 4.99 Å². The number of ether oxygens (including phenoxy) is 1. The largest absolute Gasteiger partial charge is 0.573 e. The zero-order valence-corrected chi connectivity index (χ0v) is 20.3. The van der Waals surface area contributed by atoms with Gasteiger partial charge in [0.2, 0.25) is 0 Å². The van der Waals surface area contributed by atoms with E-state index in [-0.39, 0.29) is 35.3 Å². The molecule has 0 unspecified atom stereocenters. The van der Waals surface area contributed by atoms with Gasteiger partial charge in [-0.3, -0.25) is 4.90 Å². The van der Waals surface area contributed by atoms with E-state index in [0.29, 0.717) is 12.5 Å². The number of nitrogens with zero attached hydrogens (tertiary/aromatic N) is 3. The Morgan fingerprint density at radius 1 is 1.10 bits per heavy atom. The fourth-order valence-corrected chi connectivity index (χ4v) is 4.29. The number of piperidine rings is 2. The van der Waals surface area contributed by atoms with Crippen LogP contribution in [0.3, 0.4) is 0 Å². The van der Waals surface area contributed by atoms with Crippen molar-refractivity contribution in [3.63, 3.8) is 0 Å². The third-order valence-corrected chi connectivity index (χ3v) is 6.13. The van der Waals surface area contributed by atoms with Crippen molar-refractivity contribution in [1.82, 2.24) is 15.1 Å². The summed E-state index contributed by atoms with van der Waals surface area (Å²) < 4.78 is 40.6. The van der Waals surface area contributed by atoms with E-state index in [2.05, 4.69) is 31.9 Å². The van der Waals surface area contributed by atoms with Gasteiger partial charge in [0.05, 0.1) is 6.54 Å². The summed E-state index contributed by atoms with van der Waals surface area (Å²) in [6.45, 7) is 5.46. The number of likely N-dealkylation sites (tertiary alicyclic amines) is 2. The maximum atomic E-state index is 12.2. The first kappa shape index (κ1) is 26.0. The molecular weight excluding hydrogens is 522 g/mol. The van der Waals surface area contributed by atoms with E-state index >= 15 is 0 Å². The van der Waals surface area contributed by atoms with Crippen LogP contribution in [0.1, 0.15) is 37.7 Å². The second-order valence-corrected chi connectivity index (χ2v) is 8.32. The number of halogens is 4. The summed E-state index contributed by atoms with van der Waals surface area (Å²) in [6.07, 6.45) is 1.31. The van der Waals surface area contributed by atoms with Crippen LogP contribution in [0.2, 0.25) is 0 Å². The van der Waals surface area contributed by atoms with Crippen molar-refractivity contribution >= 4 is 29.9 Å². The predicted molar refractivity (Wildman–Crippen MR) is 127 cm³/mol. The lowest BCUT2D eigenvalue weighted by molar-refractivity contribution is -0.274. The summed E-state index contributed by atoms with van der Waals surface area (Å²) in [5.74, 6) is 0.119. The first-order valence-corrected chi connectivity index (χ1v) is 10.6. The molecule has 2 aliphatic rings. The Labute approximate surface area is 199 Å². The molecule has 2 saturated heterocycles. The monoisotopic (exact) mass is 555 g/mol. The van der Waals surface area contributed by atoms with Gasteiger partial charge in [0, 0.05) is 12.1 Å². The van der Waals surface area contributed by atoms with Crippen molar-refractivity contribution in [2.24, 2.45) is 10.7 Å². The van der Waals surface area contributed by atoms with E-state index in [1.807, 2.05) is 0 Å². The Balaban J connectivity index is 0.00000341. The van der Waals surface area contributed by atoms with Crippen molar-refractivity contribution in [2.45, 2.75) is 50.6 Å². The minimum atomic E-state index is -4.69. The fraction of sp³-hybridized carbons (Fsp3) is 0.667. The average molecular weight is 555 g/mol. The molecule has 1 aromatic rings. The number of hydrogen-bond acceptors (Lipinski definition) is 4. The van der Waals surface area contributed by atoms with Gasteiger partial charge in [0.1, 0.15) is 5.75 Å². The summed E-state index contributed by atoms with van der Waals surface area (Å²) in [5, 5.41) is 3.31.